The summed E-state index contributed by atoms with van der Waals surface area (Å²) in [6.45, 7) is 9.68. The van der Waals surface area contributed by atoms with Gasteiger partial charge in [0.1, 0.15) is 29.7 Å². The smallest absolute Gasteiger partial charge is 0.344 e. The molecule has 35 heavy (non-hydrogen) atoms. The number of aromatic hydroxyl groups is 1. The standard InChI is InChI=1S/C14H13FO2.C11H14O3.C3H9N/c1-10-8-12(15)3-2-11(10)9-17-14-6-4-13(16)5-7-14;1-3-9-5-4-6-10(7-9)14-8(2)11(12)13;1-3(2)4/h2-8,16H,9H2,1H3;4-8H,3H2,1-2H3,(H,12,13);3H,4H2,1-2H3. The number of carbonyl (C=O) groups is 1. The van der Waals surface area contributed by atoms with Crippen molar-refractivity contribution >= 4 is 5.97 Å². The Bertz CT molecular complexity index is 1040. The largest absolute Gasteiger partial charge is 0.508 e. The lowest BCUT2D eigenvalue weighted by Crippen LogP contribution is -2.22. The van der Waals surface area contributed by atoms with Gasteiger partial charge in [-0.1, -0.05) is 39.0 Å². The first-order valence-corrected chi connectivity index (χ1v) is 11.4. The molecule has 0 aliphatic heterocycles. The van der Waals surface area contributed by atoms with Crippen LogP contribution >= 0.6 is 0 Å². The number of aliphatic carboxylic acids is 1. The molecule has 3 aromatic rings. The van der Waals surface area contributed by atoms with Crippen molar-refractivity contribution in [2.24, 2.45) is 5.73 Å². The highest BCUT2D eigenvalue weighted by atomic mass is 19.1. The topological polar surface area (TPSA) is 102 Å². The zero-order chi connectivity index (χ0) is 26.4. The molecule has 7 heteroatoms. The minimum Gasteiger partial charge on any atom is -0.508 e. The number of nitrogens with two attached hydrogens (primary N) is 1. The van der Waals surface area contributed by atoms with Crippen molar-refractivity contribution in [2.75, 3.05) is 0 Å². The third kappa shape index (κ3) is 12.5. The van der Waals surface area contributed by atoms with Gasteiger partial charge in [-0.05, 0) is 91.5 Å². The molecular formula is C28H36FNO5. The summed E-state index contributed by atoms with van der Waals surface area (Å²) >= 11 is 0. The van der Waals surface area contributed by atoms with Crippen LogP contribution in [0.1, 0.15) is 44.4 Å². The summed E-state index contributed by atoms with van der Waals surface area (Å²) in [5.41, 5.74) is 8.06. The van der Waals surface area contributed by atoms with Gasteiger partial charge in [0.2, 0.25) is 0 Å². The predicted molar refractivity (Wildman–Crippen MR) is 136 cm³/mol. The number of aryl methyl sites for hydroxylation is 2. The fraction of sp³-hybridized carbons (Fsp3) is 0.321. The number of carboxylic acid groups (broad SMARTS) is 1. The predicted octanol–water partition coefficient (Wildman–Crippen LogP) is 5.87. The number of ether oxygens (including phenoxy) is 2. The Labute approximate surface area is 207 Å². The first-order valence-electron chi connectivity index (χ1n) is 11.4. The number of halogens is 1. The van der Waals surface area contributed by atoms with Crippen molar-refractivity contribution in [2.45, 2.75) is 59.8 Å². The molecule has 0 aromatic heterocycles. The summed E-state index contributed by atoms with van der Waals surface area (Å²) in [5.74, 6) is 0.295. The van der Waals surface area contributed by atoms with E-state index in [1.165, 1.54) is 19.1 Å². The van der Waals surface area contributed by atoms with Crippen molar-refractivity contribution in [3.8, 4) is 17.2 Å². The van der Waals surface area contributed by atoms with Gasteiger partial charge in [-0.15, -0.1) is 0 Å². The average Bonchev–Trinajstić information content (AvgIpc) is 2.80. The van der Waals surface area contributed by atoms with E-state index < -0.39 is 12.1 Å². The van der Waals surface area contributed by atoms with Crippen LogP contribution in [0.3, 0.4) is 0 Å². The Balaban J connectivity index is 0.000000309. The Hall–Kier alpha value is -3.58. The SMILES string of the molecule is CC(C)N.CCc1cccc(OC(C)C(=O)O)c1.Cc1cc(F)ccc1COc1ccc(O)cc1. The number of hydrogen-bond donors (Lipinski definition) is 3. The summed E-state index contributed by atoms with van der Waals surface area (Å²) in [7, 11) is 0. The van der Waals surface area contributed by atoms with Gasteiger partial charge in [-0.25, -0.2) is 9.18 Å². The van der Waals surface area contributed by atoms with Crippen molar-refractivity contribution < 1.29 is 28.9 Å². The van der Waals surface area contributed by atoms with Crippen molar-refractivity contribution in [1.82, 2.24) is 0 Å². The maximum atomic E-state index is 12.9. The molecule has 190 valence electrons. The molecule has 4 N–H and O–H groups in total. The molecule has 0 saturated carbocycles. The molecule has 0 radical (unpaired) electrons. The van der Waals surface area contributed by atoms with E-state index in [-0.39, 0.29) is 11.6 Å². The van der Waals surface area contributed by atoms with Crippen LogP contribution in [0.25, 0.3) is 0 Å². The third-order valence-corrected chi connectivity index (χ3v) is 4.50. The first-order chi connectivity index (χ1) is 16.5. The fourth-order valence-corrected chi connectivity index (χ4v) is 2.62. The van der Waals surface area contributed by atoms with Crippen LogP contribution < -0.4 is 15.2 Å². The summed E-state index contributed by atoms with van der Waals surface area (Å²) in [4.78, 5) is 10.5. The van der Waals surface area contributed by atoms with E-state index >= 15 is 0 Å². The second-order valence-electron chi connectivity index (χ2n) is 8.20. The summed E-state index contributed by atoms with van der Waals surface area (Å²) in [5, 5.41) is 17.8. The van der Waals surface area contributed by atoms with E-state index in [0.717, 1.165) is 23.1 Å². The molecular weight excluding hydrogens is 449 g/mol. The highest BCUT2D eigenvalue weighted by molar-refractivity contribution is 5.72. The Kier molecular flexibility index (Phi) is 12.9. The van der Waals surface area contributed by atoms with E-state index in [4.69, 9.17) is 25.4 Å². The number of phenols is 1. The van der Waals surface area contributed by atoms with Gasteiger partial charge < -0.3 is 25.4 Å². The van der Waals surface area contributed by atoms with E-state index in [1.54, 1.807) is 36.4 Å². The number of rotatable bonds is 7. The number of hydrogen-bond acceptors (Lipinski definition) is 5. The molecule has 0 aliphatic rings. The Morgan fingerprint density at radius 2 is 1.63 bits per heavy atom. The molecule has 6 nitrogen and oxygen atoms in total. The lowest BCUT2D eigenvalue weighted by Gasteiger charge is -2.10. The van der Waals surface area contributed by atoms with Crippen molar-refractivity contribution in [3.05, 3.63) is 89.2 Å². The molecule has 3 rings (SSSR count). The van der Waals surface area contributed by atoms with Gasteiger partial charge in [-0.2, -0.15) is 0 Å². The first kappa shape index (κ1) is 29.5. The molecule has 0 spiro atoms. The number of phenolic OH excluding ortho intramolecular Hbond substituents is 1. The molecule has 0 aliphatic carbocycles. The molecule has 0 bridgehead atoms. The maximum absolute atomic E-state index is 12.9. The van der Waals surface area contributed by atoms with Gasteiger partial charge in [0.25, 0.3) is 0 Å². The second-order valence-corrected chi connectivity index (χ2v) is 8.20. The molecule has 0 fully saturated rings. The maximum Gasteiger partial charge on any atom is 0.344 e. The highest BCUT2D eigenvalue weighted by Crippen LogP contribution is 2.19. The summed E-state index contributed by atoms with van der Waals surface area (Å²) in [6.07, 6.45) is 0.112. The summed E-state index contributed by atoms with van der Waals surface area (Å²) in [6, 6.07) is 18.9. The zero-order valence-electron chi connectivity index (χ0n) is 21.0. The van der Waals surface area contributed by atoms with Gasteiger partial charge in [0, 0.05) is 0 Å². The third-order valence-electron chi connectivity index (χ3n) is 4.50. The summed E-state index contributed by atoms with van der Waals surface area (Å²) < 4.78 is 23.6. The van der Waals surface area contributed by atoms with Gasteiger partial charge in [0.15, 0.2) is 6.10 Å². The van der Waals surface area contributed by atoms with Crippen molar-refractivity contribution in [1.29, 1.82) is 0 Å². The Morgan fingerprint density at radius 1 is 1.00 bits per heavy atom. The molecule has 1 unspecified atom stereocenters. The monoisotopic (exact) mass is 485 g/mol. The van der Waals surface area contributed by atoms with E-state index in [9.17, 15) is 9.18 Å². The Morgan fingerprint density at radius 3 is 2.17 bits per heavy atom. The average molecular weight is 486 g/mol. The van der Waals surface area contributed by atoms with E-state index in [2.05, 4.69) is 0 Å². The van der Waals surface area contributed by atoms with Crippen molar-refractivity contribution in [3.63, 3.8) is 0 Å². The van der Waals surface area contributed by atoms with E-state index in [1.807, 2.05) is 45.9 Å². The molecule has 3 aromatic carbocycles. The number of benzene rings is 3. The van der Waals surface area contributed by atoms with Crippen LogP contribution in [0.15, 0.2) is 66.7 Å². The minimum atomic E-state index is -0.952. The van der Waals surface area contributed by atoms with Gasteiger partial charge >= 0.3 is 5.97 Å². The van der Waals surface area contributed by atoms with Crippen LogP contribution in [0, 0.1) is 12.7 Å². The zero-order valence-corrected chi connectivity index (χ0v) is 21.0. The lowest BCUT2D eigenvalue weighted by atomic mass is 10.1. The quantitative estimate of drug-likeness (QED) is 0.387. The van der Waals surface area contributed by atoms with Crippen LogP contribution in [-0.4, -0.2) is 28.3 Å². The van der Waals surface area contributed by atoms with Gasteiger partial charge in [0.05, 0.1) is 0 Å². The normalized spacial score (nSPS) is 10.9. The highest BCUT2D eigenvalue weighted by Gasteiger charge is 2.12. The molecule has 0 heterocycles. The van der Waals surface area contributed by atoms with Crippen LogP contribution in [0.4, 0.5) is 4.39 Å². The number of carboxylic acids is 1. The molecule has 1 atom stereocenters. The molecule has 0 amide bonds. The van der Waals surface area contributed by atoms with Crippen LogP contribution in [-0.2, 0) is 17.8 Å². The molecule has 0 saturated heterocycles. The second kappa shape index (κ2) is 15.3. The van der Waals surface area contributed by atoms with Gasteiger partial charge in [-0.3, -0.25) is 0 Å². The van der Waals surface area contributed by atoms with Crippen LogP contribution in [0.5, 0.6) is 17.2 Å². The minimum absolute atomic E-state index is 0.204. The van der Waals surface area contributed by atoms with Crippen LogP contribution in [0.2, 0.25) is 0 Å². The fourth-order valence-electron chi connectivity index (χ4n) is 2.62. The lowest BCUT2D eigenvalue weighted by molar-refractivity contribution is -0.144. The van der Waals surface area contributed by atoms with E-state index in [0.29, 0.717) is 24.1 Å².